The van der Waals surface area contributed by atoms with Gasteiger partial charge in [-0.2, -0.15) is 0 Å². The molecule has 3 aromatic carbocycles. The lowest BCUT2D eigenvalue weighted by atomic mass is 10.0. The fourth-order valence-corrected chi connectivity index (χ4v) is 4.09. The van der Waals surface area contributed by atoms with Gasteiger partial charge in [0, 0.05) is 0 Å². The van der Waals surface area contributed by atoms with Gasteiger partial charge in [0.2, 0.25) is 0 Å². The van der Waals surface area contributed by atoms with Gasteiger partial charge in [-0.05, 0) is 51.9 Å². The number of imide groups is 1. The summed E-state index contributed by atoms with van der Waals surface area (Å²) in [7, 11) is 1.29. The summed E-state index contributed by atoms with van der Waals surface area (Å²) in [5, 5.41) is 1.80. The van der Waals surface area contributed by atoms with E-state index in [0.717, 1.165) is 33.7 Å². The lowest BCUT2D eigenvalue weighted by Crippen LogP contribution is -2.27. The molecule has 7 heteroatoms. The predicted octanol–water partition coefficient (Wildman–Crippen LogP) is 4.63. The molecule has 0 saturated carbocycles. The number of methoxy groups -OCH3 is 1. The summed E-state index contributed by atoms with van der Waals surface area (Å²) >= 11 is 0.929. The fraction of sp³-hybridized carbons (Fsp3) is 0.125. The zero-order valence-electron chi connectivity index (χ0n) is 16.7. The number of nitrogens with zero attached hydrogens (tertiary/aromatic N) is 1. The molecule has 4 rings (SSSR count). The SMILES string of the molecule is COC(=O)COc1ccc(/C=C2\SC(=O)N(Cc3cccc4ccccc34)C2=O)cc1. The van der Waals surface area contributed by atoms with E-state index in [4.69, 9.17) is 4.74 Å². The Kier molecular flexibility index (Phi) is 6.04. The number of amides is 2. The highest BCUT2D eigenvalue weighted by atomic mass is 32.2. The van der Waals surface area contributed by atoms with E-state index in [1.54, 1.807) is 30.3 Å². The van der Waals surface area contributed by atoms with E-state index in [1.165, 1.54) is 12.0 Å². The average Bonchev–Trinajstić information content (AvgIpc) is 3.06. The zero-order valence-corrected chi connectivity index (χ0v) is 17.6. The largest absolute Gasteiger partial charge is 0.482 e. The molecule has 0 spiro atoms. The number of hydrogen-bond donors (Lipinski definition) is 0. The van der Waals surface area contributed by atoms with Gasteiger partial charge >= 0.3 is 5.97 Å². The van der Waals surface area contributed by atoms with Crippen molar-refractivity contribution < 1.29 is 23.9 Å². The number of fused-ring (bicyclic) bond motifs is 1. The van der Waals surface area contributed by atoms with Crippen LogP contribution in [0.25, 0.3) is 16.8 Å². The van der Waals surface area contributed by atoms with Crippen LogP contribution in [0.3, 0.4) is 0 Å². The van der Waals surface area contributed by atoms with Crippen LogP contribution in [0, 0.1) is 0 Å². The van der Waals surface area contributed by atoms with E-state index in [2.05, 4.69) is 4.74 Å². The van der Waals surface area contributed by atoms with Crippen LogP contribution in [-0.2, 0) is 20.9 Å². The number of thioether (sulfide) groups is 1. The first-order valence-corrected chi connectivity index (χ1v) is 10.4. The summed E-state index contributed by atoms with van der Waals surface area (Å²) in [6.45, 7) is 0.0482. The second-order valence-electron chi connectivity index (χ2n) is 6.84. The molecule has 31 heavy (non-hydrogen) atoms. The molecule has 1 fully saturated rings. The predicted molar refractivity (Wildman–Crippen MR) is 119 cm³/mol. The third-order valence-electron chi connectivity index (χ3n) is 4.84. The Morgan fingerprint density at radius 2 is 1.74 bits per heavy atom. The van der Waals surface area contributed by atoms with Crippen molar-refractivity contribution in [3.05, 3.63) is 82.8 Å². The first-order chi connectivity index (χ1) is 15.0. The Hall–Kier alpha value is -3.58. The second kappa shape index (κ2) is 9.06. The molecule has 1 saturated heterocycles. The van der Waals surface area contributed by atoms with E-state index >= 15 is 0 Å². The maximum absolute atomic E-state index is 12.9. The summed E-state index contributed by atoms with van der Waals surface area (Å²) in [5.41, 5.74) is 1.68. The van der Waals surface area contributed by atoms with Crippen LogP contribution in [-0.4, -0.2) is 35.7 Å². The van der Waals surface area contributed by atoms with Crippen molar-refractivity contribution in [1.82, 2.24) is 4.90 Å². The monoisotopic (exact) mass is 433 g/mol. The summed E-state index contributed by atoms with van der Waals surface area (Å²) in [6, 6.07) is 20.7. The quantitative estimate of drug-likeness (QED) is 0.417. The molecule has 0 unspecified atom stereocenters. The third kappa shape index (κ3) is 4.62. The summed E-state index contributed by atoms with van der Waals surface area (Å²) in [5.74, 6) is -0.274. The van der Waals surface area contributed by atoms with Gasteiger partial charge in [0.05, 0.1) is 18.6 Å². The van der Waals surface area contributed by atoms with Crippen molar-refractivity contribution in [1.29, 1.82) is 0 Å². The highest BCUT2D eigenvalue weighted by molar-refractivity contribution is 8.18. The third-order valence-corrected chi connectivity index (χ3v) is 5.75. The van der Waals surface area contributed by atoms with Crippen molar-refractivity contribution in [2.45, 2.75) is 6.54 Å². The van der Waals surface area contributed by atoms with Crippen LogP contribution < -0.4 is 4.74 Å². The number of ether oxygens (including phenoxy) is 2. The molecule has 1 heterocycles. The van der Waals surface area contributed by atoms with Crippen LogP contribution in [0.2, 0.25) is 0 Å². The summed E-state index contributed by atoms with van der Waals surface area (Å²) < 4.78 is 9.84. The Morgan fingerprint density at radius 3 is 2.52 bits per heavy atom. The Labute approximate surface area is 183 Å². The van der Waals surface area contributed by atoms with Crippen molar-refractivity contribution >= 4 is 45.7 Å². The maximum Gasteiger partial charge on any atom is 0.343 e. The molecule has 0 N–H and O–H groups in total. The Morgan fingerprint density at radius 1 is 1.00 bits per heavy atom. The molecule has 3 aromatic rings. The lowest BCUT2D eigenvalue weighted by molar-refractivity contribution is -0.142. The normalized spacial score (nSPS) is 15.0. The Balaban J connectivity index is 1.49. The number of benzene rings is 3. The second-order valence-corrected chi connectivity index (χ2v) is 7.83. The first-order valence-electron chi connectivity index (χ1n) is 9.57. The maximum atomic E-state index is 12.9. The summed E-state index contributed by atoms with van der Waals surface area (Å²) in [4.78, 5) is 38.2. The van der Waals surface area contributed by atoms with Crippen molar-refractivity contribution in [2.24, 2.45) is 0 Å². The lowest BCUT2D eigenvalue weighted by Gasteiger charge is -2.14. The molecule has 1 aliphatic heterocycles. The minimum Gasteiger partial charge on any atom is -0.482 e. The van der Waals surface area contributed by atoms with E-state index in [1.807, 2.05) is 42.5 Å². The topological polar surface area (TPSA) is 72.9 Å². The minimum atomic E-state index is -0.469. The number of carbonyl (C=O) groups is 3. The molecule has 0 aliphatic carbocycles. The fourth-order valence-electron chi connectivity index (χ4n) is 3.25. The van der Waals surface area contributed by atoms with Crippen molar-refractivity contribution in [2.75, 3.05) is 13.7 Å². The van der Waals surface area contributed by atoms with Crippen molar-refractivity contribution in [3.8, 4) is 5.75 Å². The van der Waals surface area contributed by atoms with Crippen LogP contribution in [0.5, 0.6) is 5.75 Å². The molecule has 0 bridgehead atoms. The summed E-state index contributed by atoms with van der Waals surface area (Å²) in [6.07, 6.45) is 1.68. The van der Waals surface area contributed by atoms with Crippen LogP contribution in [0.1, 0.15) is 11.1 Å². The van der Waals surface area contributed by atoms with Crippen LogP contribution >= 0.6 is 11.8 Å². The van der Waals surface area contributed by atoms with Gasteiger partial charge in [-0.3, -0.25) is 14.5 Å². The minimum absolute atomic E-state index is 0.178. The van der Waals surface area contributed by atoms with Crippen LogP contribution in [0.4, 0.5) is 4.79 Å². The number of rotatable bonds is 6. The van der Waals surface area contributed by atoms with Gasteiger partial charge in [0.15, 0.2) is 6.61 Å². The van der Waals surface area contributed by atoms with Crippen LogP contribution in [0.15, 0.2) is 71.6 Å². The number of hydrogen-bond acceptors (Lipinski definition) is 6. The smallest absolute Gasteiger partial charge is 0.343 e. The van der Waals surface area contributed by atoms with E-state index in [9.17, 15) is 14.4 Å². The van der Waals surface area contributed by atoms with Gasteiger partial charge in [0.1, 0.15) is 5.75 Å². The van der Waals surface area contributed by atoms with Crippen molar-refractivity contribution in [3.63, 3.8) is 0 Å². The Bertz CT molecular complexity index is 1180. The average molecular weight is 433 g/mol. The molecule has 0 atom stereocenters. The molecule has 6 nitrogen and oxygen atoms in total. The standard InChI is InChI=1S/C24H19NO5S/c1-29-22(26)15-30-19-11-9-16(10-12-19)13-21-23(27)25(24(28)31-21)14-18-7-4-6-17-5-2-3-8-20(17)18/h2-13H,14-15H2,1H3/b21-13-. The molecular formula is C24H19NO5S. The first kappa shape index (κ1) is 20.7. The van der Waals surface area contributed by atoms with Gasteiger partial charge in [-0.1, -0.05) is 54.6 Å². The van der Waals surface area contributed by atoms with E-state index in [0.29, 0.717) is 10.7 Å². The highest BCUT2D eigenvalue weighted by Gasteiger charge is 2.35. The molecule has 1 aliphatic rings. The van der Waals surface area contributed by atoms with E-state index < -0.39 is 5.97 Å². The molecule has 0 aromatic heterocycles. The van der Waals surface area contributed by atoms with E-state index in [-0.39, 0.29) is 24.3 Å². The van der Waals surface area contributed by atoms with Gasteiger partial charge in [-0.25, -0.2) is 4.79 Å². The highest BCUT2D eigenvalue weighted by Crippen LogP contribution is 2.34. The molecular weight excluding hydrogens is 414 g/mol. The number of esters is 1. The molecule has 0 radical (unpaired) electrons. The van der Waals surface area contributed by atoms with Gasteiger partial charge < -0.3 is 9.47 Å². The molecule has 2 amide bonds. The molecule has 156 valence electrons. The zero-order chi connectivity index (χ0) is 21.8. The number of carbonyl (C=O) groups excluding carboxylic acids is 3. The van der Waals surface area contributed by atoms with Gasteiger partial charge in [-0.15, -0.1) is 0 Å². The van der Waals surface area contributed by atoms with Gasteiger partial charge in [0.25, 0.3) is 11.1 Å².